The Kier molecular flexibility index (Phi) is 4.03. The molecule has 2 saturated carbocycles. The molecular weight excluding hydrogens is 324 g/mol. The smallest absolute Gasteiger partial charge is 0.225 e. The fraction of sp³-hybridized carbons (Fsp3) is 0.579. The quantitative estimate of drug-likeness (QED) is 0.910. The Morgan fingerprint density at radius 1 is 1.17 bits per heavy atom. The van der Waals surface area contributed by atoms with Crippen LogP contribution in [0.5, 0.6) is 0 Å². The summed E-state index contributed by atoms with van der Waals surface area (Å²) in [5.41, 5.74) is 0.843. The molecule has 5 heteroatoms. The standard InChI is InChI=1S/C19H23ClN2O2/c20-16-5-1-4-15(11-16)19(8-9-19)21-17(23)14-3-2-10-22(12-14)18(24)13-6-7-13/h1,4-5,11,13-14H,2-3,6-10,12H2,(H,21,23)/t14-/m1/s1. The van der Waals surface area contributed by atoms with E-state index in [4.69, 9.17) is 11.6 Å². The largest absolute Gasteiger partial charge is 0.346 e. The molecule has 1 N–H and O–H groups in total. The third-order valence-electron chi connectivity index (χ3n) is 5.52. The summed E-state index contributed by atoms with van der Waals surface area (Å²) in [6.45, 7) is 1.38. The minimum Gasteiger partial charge on any atom is -0.346 e. The van der Waals surface area contributed by atoms with Gasteiger partial charge in [0, 0.05) is 24.0 Å². The van der Waals surface area contributed by atoms with Gasteiger partial charge < -0.3 is 10.2 Å². The van der Waals surface area contributed by atoms with Crippen LogP contribution in [0.25, 0.3) is 0 Å². The number of piperidine rings is 1. The Labute approximate surface area is 147 Å². The Bertz CT molecular complexity index is 667. The SMILES string of the molecule is O=C(NC1(c2cccc(Cl)c2)CC1)[C@@H]1CCCN(C(=O)C2CC2)C1. The number of carbonyl (C=O) groups excluding carboxylic acids is 2. The fourth-order valence-electron chi connectivity index (χ4n) is 3.71. The maximum Gasteiger partial charge on any atom is 0.225 e. The molecule has 0 aromatic heterocycles. The molecule has 4 nitrogen and oxygen atoms in total. The van der Waals surface area contributed by atoms with Crippen LogP contribution in [0.3, 0.4) is 0 Å². The number of nitrogens with one attached hydrogen (secondary N) is 1. The highest BCUT2D eigenvalue weighted by atomic mass is 35.5. The lowest BCUT2D eigenvalue weighted by atomic mass is 9.95. The summed E-state index contributed by atoms with van der Waals surface area (Å²) >= 11 is 6.10. The van der Waals surface area contributed by atoms with Gasteiger partial charge in [-0.25, -0.2) is 0 Å². The van der Waals surface area contributed by atoms with E-state index in [0.717, 1.165) is 50.6 Å². The molecule has 4 rings (SSSR count). The molecule has 0 spiro atoms. The van der Waals surface area contributed by atoms with Crippen molar-refractivity contribution in [3.05, 3.63) is 34.9 Å². The van der Waals surface area contributed by atoms with Crippen molar-refractivity contribution in [1.82, 2.24) is 10.2 Å². The van der Waals surface area contributed by atoms with Crippen LogP contribution in [0.1, 0.15) is 44.1 Å². The van der Waals surface area contributed by atoms with Gasteiger partial charge in [0.15, 0.2) is 0 Å². The molecule has 0 radical (unpaired) electrons. The van der Waals surface area contributed by atoms with Crippen LogP contribution in [0.15, 0.2) is 24.3 Å². The summed E-state index contributed by atoms with van der Waals surface area (Å²) in [7, 11) is 0. The van der Waals surface area contributed by atoms with Crippen LogP contribution < -0.4 is 5.32 Å². The summed E-state index contributed by atoms with van der Waals surface area (Å²) < 4.78 is 0. The third kappa shape index (κ3) is 3.16. The number of benzene rings is 1. The van der Waals surface area contributed by atoms with Crippen molar-refractivity contribution in [2.45, 2.75) is 44.1 Å². The van der Waals surface area contributed by atoms with E-state index >= 15 is 0 Å². The summed E-state index contributed by atoms with van der Waals surface area (Å²) in [5, 5.41) is 3.95. The zero-order valence-corrected chi connectivity index (χ0v) is 14.5. The Balaban J connectivity index is 1.41. The lowest BCUT2D eigenvalue weighted by Gasteiger charge is -2.33. The van der Waals surface area contributed by atoms with Crippen LogP contribution in [0.2, 0.25) is 5.02 Å². The predicted octanol–water partition coefficient (Wildman–Crippen LogP) is 3.09. The highest BCUT2D eigenvalue weighted by molar-refractivity contribution is 6.30. The maximum absolute atomic E-state index is 12.8. The van der Waals surface area contributed by atoms with E-state index in [1.807, 2.05) is 29.2 Å². The van der Waals surface area contributed by atoms with Gasteiger partial charge in [0.2, 0.25) is 11.8 Å². The van der Waals surface area contributed by atoms with E-state index < -0.39 is 0 Å². The summed E-state index contributed by atoms with van der Waals surface area (Å²) in [4.78, 5) is 27.0. The molecule has 24 heavy (non-hydrogen) atoms. The number of carbonyl (C=O) groups is 2. The van der Waals surface area contributed by atoms with Gasteiger partial charge in [0.1, 0.15) is 0 Å². The number of rotatable bonds is 4. The maximum atomic E-state index is 12.8. The van der Waals surface area contributed by atoms with E-state index in [2.05, 4.69) is 5.32 Å². The fourth-order valence-corrected chi connectivity index (χ4v) is 3.90. The summed E-state index contributed by atoms with van der Waals surface area (Å²) in [5.74, 6) is 0.482. The topological polar surface area (TPSA) is 49.4 Å². The van der Waals surface area contributed by atoms with Crippen LogP contribution in [-0.2, 0) is 15.1 Å². The minimum absolute atomic E-state index is 0.0840. The van der Waals surface area contributed by atoms with Crippen molar-refractivity contribution in [3.8, 4) is 0 Å². The van der Waals surface area contributed by atoms with Gasteiger partial charge in [0.05, 0.1) is 11.5 Å². The number of likely N-dealkylation sites (tertiary alicyclic amines) is 1. The van der Waals surface area contributed by atoms with Crippen molar-refractivity contribution >= 4 is 23.4 Å². The Hall–Kier alpha value is -1.55. The lowest BCUT2D eigenvalue weighted by Crippen LogP contribution is -2.48. The van der Waals surface area contributed by atoms with Gasteiger partial charge in [-0.15, -0.1) is 0 Å². The van der Waals surface area contributed by atoms with Gasteiger partial charge in [-0.3, -0.25) is 9.59 Å². The van der Waals surface area contributed by atoms with Gasteiger partial charge in [-0.2, -0.15) is 0 Å². The minimum atomic E-state index is -0.245. The molecule has 1 aliphatic heterocycles. The van der Waals surface area contributed by atoms with E-state index in [0.29, 0.717) is 11.6 Å². The number of amides is 2. The molecule has 2 amide bonds. The molecule has 2 aliphatic carbocycles. The molecule has 1 heterocycles. The highest BCUT2D eigenvalue weighted by Gasteiger charge is 2.47. The second-order valence-corrected chi connectivity index (χ2v) is 7.92. The first-order chi connectivity index (χ1) is 11.6. The molecule has 1 aromatic rings. The molecule has 128 valence electrons. The lowest BCUT2D eigenvalue weighted by molar-refractivity contribution is -0.137. The molecule has 1 atom stereocenters. The average molecular weight is 347 g/mol. The zero-order chi connectivity index (χ0) is 16.7. The first-order valence-corrected chi connectivity index (χ1v) is 9.32. The van der Waals surface area contributed by atoms with Gasteiger partial charge in [-0.05, 0) is 56.2 Å². The van der Waals surface area contributed by atoms with Crippen LogP contribution in [0, 0.1) is 11.8 Å². The molecule has 0 unspecified atom stereocenters. The van der Waals surface area contributed by atoms with Crippen molar-refractivity contribution in [2.24, 2.45) is 11.8 Å². The van der Waals surface area contributed by atoms with Crippen molar-refractivity contribution in [1.29, 1.82) is 0 Å². The molecule has 3 aliphatic rings. The van der Waals surface area contributed by atoms with E-state index in [-0.39, 0.29) is 29.2 Å². The number of hydrogen-bond acceptors (Lipinski definition) is 2. The van der Waals surface area contributed by atoms with Crippen molar-refractivity contribution in [2.75, 3.05) is 13.1 Å². The van der Waals surface area contributed by atoms with Crippen LogP contribution in [-0.4, -0.2) is 29.8 Å². The van der Waals surface area contributed by atoms with Crippen molar-refractivity contribution < 1.29 is 9.59 Å². The first kappa shape index (κ1) is 15.9. The summed E-state index contributed by atoms with van der Waals surface area (Å²) in [6, 6.07) is 7.76. The number of halogens is 1. The molecule has 0 bridgehead atoms. The monoisotopic (exact) mass is 346 g/mol. The number of nitrogens with zero attached hydrogens (tertiary/aromatic N) is 1. The van der Waals surface area contributed by atoms with E-state index in [1.54, 1.807) is 0 Å². The first-order valence-electron chi connectivity index (χ1n) is 8.94. The molecule has 1 aromatic carbocycles. The van der Waals surface area contributed by atoms with E-state index in [1.165, 1.54) is 0 Å². The highest BCUT2D eigenvalue weighted by Crippen LogP contribution is 2.46. The van der Waals surface area contributed by atoms with Crippen molar-refractivity contribution in [3.63, 3.8) is 0 Å². The average Bonchev–Trinajstić information content (AvgIpc) is 3.49. The third-order valence-corrected chi connectivity index (χ3v) is 5.76. The number of hydrogen-bond donors (Lipinski definition) is 1. The van der Waals surface area contributed by atoms with E-state index in [9.17, 15) is 9.59 Å². The summed E-state index contributed by atoms with van der Waals surface area (Å²) in [6.07, 6.45) is 5.73. The van der Waals surface area contributed by atoms with Crippen LogP contribution >= 0.6 is 11.6 Å². The van der Waals surface area contributed by atoms with Gasteiger partial charge in [0.25, 0.3) is 0 Å². The predicted molar refractivity (Wildman–Crippen MR) is 92.5 cm³/mol. The van der Waals surface area contributed by atoms with Gasteiger partial charge in [-0.1, -0.05) is 23.7 Å². The Morgan fingerprint density at radius 2 is 1.96 bits per heavy atom. The second kappa shape index (κ2) is 6.07. The molecule has 3 fully saturated rings. The second-order valence-electron chi connectivity index (χ2n) is 7.48. The van der Waals surface area contributed by atoms with Crippen LogP contribution in [0.4, 0.5) is 0 Å². The zero-order valence-electron chi connectivity index (χ0n) is 13.8. The molecular formula is C19H23ClN2O2. The Morgan fingerprint density at radius 3 is 2.62 bits per heavy atom. The molecule has 1 saturated heterocycles. The normalized spacial score (nSPS) is 25.2. The van der Waals surface area contributed by atoms with Gasteiger partial charge >= 0.3 is 0 Å².